The number of nitrogens with zero attached hydrogens (tertiary/aromatic N) is 6. The van der Waals surface area contributed by atoms with Gasteiger partial charge in [-0.3, -0.25) is 4.57 Å². The van der Waals surface area contributed by atoms with Gasteiger partial charge in [-0.15, -0.1) is 10.2 Å². The van der Waals surface area contributed by atoms with Gasteiger partial charge in [-0.2, -0.15) is 0 Å². The number of pyridine rings is 1. The molecule has 7 nitrogen and oxygen atoms in total. The first-order chi connectivity index (χ1) is 14.1. The molecule has 1 aromatic carbocycles. The Morgan fingerprint density at radius 2 is 1.90 bits per heavy atom. The second kappa shape index (κ2) is 8.16. The first-order valence-corrected chi connectivity index (χ1v) is 9.72. The average Bonchev–Trinajstić information content (AvgIpc) is 3.12. The maximum Gasteiger partial charge on any atom is 0.196 e. The van der Waals surface area contributed by atoms with E-state index >= 15 is 0 Å². The fourth-order valence-corrected chi connectivity index (χ4v) is 3.84. The minimum absolute atomic E-state index is 0.0497. The quantitative estimate of drug-likeness (QED) is 0.305. The van der Waals surface area contributed by atoms with Gasteiger partial charge in [-0.05, 0) is 56.2 Å². The number of oxime groups is 1. The Labute approximate surface area is 172 Å². The van der Waals surface area contributed by atoms with E-state index in [1.54, 1.807) is 0 Å². The van der Waals surface area contributed by atoms with E-state index in [0.29, 0.717) is 18.1 Å². The lowest BCUT2D eigenvalue weighted by Crippen LogP contribution is -2.39. The first-order valence-electron chi connectivity index (χ1n) is 9.34. The van der Waals surface area contributed by atoms with Crippen LogP contribution < -0.4 is 0 Å². The van der Waals surface area contributed by atoms with Crippen LogP contribution >= 0.6 is 11.6 Å². The van der Waals surface area contributed by atoms with Crippen molar-refractivity contribution in [1.29, 1.82) is 0 Å². The van der Waals surface area contributed by atoms with Crippen molar-refractivity contribution < 1.29 is 9.60 Å². The zero-order valence-corrected chi connectivity index (χ0v) is 16.6. The molecule has 0 saturated carbocycles. The molecule has 3 aromatic rings. The molecule has 150 valence electrons. The van der Waals surface area contributed by atoms with Crippen LogP contribution in [0.2, 0.25) is 5.02 Å². The predicted octanol–water partition coefficient (Wildman–Crippen LogP) is 3.78. The van der Waals surface area contributed by atoms with Gasteiger partial charge < -0.3 is 10.1 Å². The third-order valence-corrected chi connectivity index (χ3v) is 5.41. The van der Waals surface area contributed by atoms with Gasteiger partial charge in [0, 0.05) is 35.9 Å². The largest absolute Gasteiger partial charge is 0.409 e. The summed E-state index contributed by atoms with van der Waals surface area (Å²) in [6, 6.07) is 10.4. The van der Waals surface area contributed by atoms with Crippen molar-refractivity contribution in [3.05, 3.63) is 70.8 Å². The molecule has 1 N–H and O–H groups in total. The van der Waals surface area contributed by atoms with E-state index in [9.17, 15) is 9.60 Å². The second-order valence-corrected chi connectivity index (χ2v) is 7.37. The maximum absolute atomic E-state index is 14.1. The molecule has 0 bridgehead atoms. The van der Waals surface area contributed by atoms with Crippen LogP contribution in [0.5, 0.6) is 0 Å². The van der Waals surface area contributed by atoms with Gasteiger partial charge in [0.25, 0.3) is 0 Å². The van der Waals surface area contributed by atoms with Gasteiger partial charge in [-0.25, -0.2) is 9.37 Å². The van der Waals surface area contributed by atoms with E-state index < -0.39 is 5.82 Å². The molecule has 3 heterocycles. The van der Waals surface area contributed by atoms with Gasteiger partial charge in [0.05, 0.1) is 0 Å². The van der Waals surface area contributed by atoms with Gasteiger partial charge in [0.1, 0.15) is 17.3 Å². The summed E-state index contributed by atoms with van der Waals surface area (Å²) in [5.74, 6) is 1.50. The summed E-state index contributed by atoms with van der Waals surface area (Å²) in [4.78, 5) is 5.87. The molecule has 0 spiro atoms. The summed E-state index contributed by atoms with van der Waals surface area (Å²) in [6.07, 6.45) is 3.01. The number of halogens is 2. The van der Waals surface area contributed by atoms with Crippen molar-refractivity contribution >= 4 is 17.4 Å². The summed E-state index contributed by atoms with van der Waals surface area (Å²) in [5.41, 5.74) is 1.01. The Hall–Kier alpha value is -3.00. The third kappa shape index (κ3) is 3.80. The summed E-state index contributed by atoms with van der Waals surface area (Å²) in [7, 11) is 0. The highest BCUT2D eigenvalue weighted by molar-refractivity contribution is 6.30. The fourth-order valence-electron chi connectivity index (χ4n) is 3.71. The maximum atomic E-state index is 14.1. The number of hydrogen-bond acceptors (Lipinski definition) is 5. The molecule has 0 aliphatic carbocycles. The number of piperidine rings is 1. The number of aryl methyl sites for hydroxylation is 1. The van der Waals surface area contributed by atoms with Gasteiger partial charge in [0.2, 0.25) is 0 Å². The molecule has 0 amide bonds. The SMILES string of the molecule is Cc1nnc(C2CCN(/C(=N\O)c3ncccc3F)CC2)n1-c1ccc(Cl)cc1. The fraction of sp³-hybridized carbons (Fsp3) is 0.300. The van der Waals surface area contributed by atoms with E-state index in [2.05, 4.69) is 20.3 Å². The van der Waals surface area contributed by atoms with Crippen molar-refractivity contribution in [3.63, 3.8) is 0 Å². The molecule has 29 heavy (non-hydrogen) atoms. The van der Waals surface area contributed by atoms with Crippen molar-refractivity contribution in [2.24, 2.45) is 5.16 Å². The number of likely N-dealkylation sites (tertiary alicyclic amines) is 1. The monoisotopic (exact) mass is 414 g/mol. The highest BCUT2D eigenvalue weighted by Gasteiger charge is 2.29. The molecule has 1 aliphatic rings. The van der Waals surface area contributed by atoms with Crippen LogP contribution in [0.3, 0.4) is 0 Å². The highest BCUT2D eigenvalue weighted by Crippen LogP contribution is 2.30. The topological polar surface area (TPSA) is 79.4 Å². The van der Waals surface area contributed by atoms with Crippen molar-refractivity contribution in [1.82, 2.24) is 24.6 Å². The normalized spacial score (nSPS) is 15.7. The number of amidine groups is 1. The van der Waals surface area contributed by atoms with Crippen LogP contribution in [-0.2, 0) is 0 Å². The van der Waals surface area contributed by atoms with Crippen LogP contribution in [0.4, 0.5) is 4.39 Å². The number of hydrogen-bond donors (Lipinski definition) is 1. The molecular formula is C20H20ClFN6O. The van der Waals surface area contributed by atoms with Crippen LogP contribution in [0.1, 0.15) is 36.1 Å². The molecule has 1 saturated heterocycles. The van der Waals surface area contributed by atoms with E-state index in [4.69, 9.17) is 11.6 Å². The van der Waals surface area contributed by atoms with Crippen LogP contribution in [-0.4, -0.2) is 48.8 Å². The van der Waals surface area contributed by atoms with Gasteiger partial charge in [0.15, 0.2) is 11.7 Å². The first kappa shape index (κ1) is 19.3. The van der Waals surface area contributed by atoms with E-state index in [0.717, 1.165) is 30.2 Å². The number of rotatable bonds is 3. The molecule has 1 aliphatic heterocycles. The average molecular weight is 415 g/mol. The summed E-state index contributed by atoms with van der Waals surface area (Å²) in [5, 5.41) is 22.1. The van der Waals surface area contributed by atoms with Crippen molar-refractivity contribution in [2.75, 3.05) is 13.1 Å². The molecule has 1 fully saturated rings. The van der Waals surface area contributed by atoms with E-state index in [1.807, 2.05) is 40.7 Å². The van der Waals surface area contributed by atoms with Crippen LogP contribution in [0.15, 0.2) is 47.8 Å². The summed E-state index contributed by atoms with van der Waals surface area (Å²) >= 11 is 6.01. The zero-order valence-electron chi connectivity index (χ0n) is 15.8. The number of benzene rings is 1. The van der Waals surface area contributed by atoms with E-state index in [1.165, 1.54) is 18.3 Å². The minimum Gasteiger partial charge on any atom is -0.409 e. The Morgan fingerprint density at radius 3 is 2.55 bits per heavy atom. The Bertz CT molecular complexity index is 1030. The summed E-state index contributed by atoms with van der Waals surface area (Å²) < 4.78 is 16.1. The molecule has 9 heteroatoms. The molecule has 0 atom stereocenters. The summed E-state index contributed by atoms with van der Waals surface area (Å²) in [6.45, 7) is 3.10. The molecule has 4 rings (SSSR count). The van der Waals surface area contributed by atoms with Gasteiger partial charge >= 0.3 is 0 Å². The zero-order chi connectivity index (χ0) is 20.4. The van der Waals surface area contributed by atoms with Crippen LogP contribution in [0.25, 0.3) is 5.69 Å². The Morgan fingerprint density at radius 1 is 1.17 bits per heavy atom. The van der Waals surface area contributed by atoms with Crippen molar-refractivity contribution in [2.45, 2.75) is 25.7 Å². The molecular weight excluding hydrogens is 395 g/mol. The number of aromatic nitrogens is 4. The Balaban J connectivity index is 1.54. The molecule has 2 aromatic heterocycles. The lowest BCUT2D eigenvalue weighted by atomic mass is 9.95. The minimum atomic E-state index is -0.513. The molecule has 0 radical (unpaired) electrons. The standard InChI is InChI=1S/C20H20ClFN6O/c1-13-24-25-19(28(13)16-6-4-15(21)5-7-16)14-8-11-27(12-9-14)20(26-29)18-17(22)3-2-10-23-18/h2-7,10,14,29H,8-9,11-12H2,1H3/b26-20-. The Kier molecular flexibility index (Phi) is 5.44. The smallest absolute Gasteiger partial charge is 0.196 e. The predicted molar refractivity (Wildman–Crippen MR) is 107 cm³/mol. The second-order valence-electron chi connectivity index (χ2n) is 6.94. The van der Waals surface area contributed by atoms with E-state index in [-0.39, 0.29) is 17.4 Å². The highest BCUT2D eigenvalue weighted by atomic mass is 35.5. The van der Waals surface area contributed by atoms with Crippen molar-refractivity contribution in [3.8, 4) is 5.69 Å². The lowest BCUT2D eigenvalue weighted by Gasteiger charge is -2.33. The van der Waals surface area contributed by atoms with Gasteiger partial charge in [-0.1, -0.05) is 16.8 Å². The third-order valence-electron chi connectivity index (χ3n) is 5.16. The van der Waals surface area contributed by atoms with Crippen LogP contribution in [0, 0.1) is 12.7 Å². The lowest BCUT2D eigenvalue weighted by molar-refractivity contribution is 0.271. The molecule has 0 unspecified atom stereocenters.